The van der Waals surface area contributed by atoms with Crippen LogP contribution in [-0.4, -0.2) is 32.2 Å². The Morgan fingerprint density at radius 3 is 2.89 bits per heavy atom. The number of amides is 1. The van der Waals surface area contributed by atoms with E-state index in [2.05, 4.69) is 20.5 Å². The Kier molecular flexibility index (Phi) is 3.58. The fourth-order valence-corrected chi connectivity index (χ4v) is 1.86. The first-order chi connectivity index (χ1) is 8.66. The third-order valence-corrected chi connectivity index (χ3v) is 2.82. The highest BCUT2D eigenvalue weighted by Crippen LogP contribution is 2.09. The number of nitrogens with one attached hydrogen (secondary N) is 1. The largest absolute Gasteiger partial charge is 0.476 e. The summed E-state index contributed by atoms with van der Waals surface area (Å²) in [5.41, 5.74) is 0.477. The minimum Gasteiger partial charge on any atom is -0.476 e. The summed E-state index contributed by atoms with van der Waals surface area (Å²) in [6.07, 6.45) is 1.53. The van der Waals surface area contributed by atoms with Crippen LogP contribution in [0.4, 0.5) is 0 Å². The maximum atomic E-state index is 11.6. The number of hydrogen-bond acceptors (Lipinski definition) is 6. The Balaban J connectivity index is 1.97. The van der Waals surface area contributed by atoms with Crippen molar-refractivity contribution in [2.45, 2.75) is 6.54 Å². The lowest BCUT2D eigenvalue weighted by Crippen LogP contribution is -2.23. The van der Waals surface area contributed by atoms with Gasteiger partial charge in [-0.3, -0.25) is 4.79 Å². The molecule has 2 heterocycles. The molecule has 0 radical (unpaired) electrons. The summed E-state index contributed by atoms with van der Waals surface area (Å²) >= 11 is 0.981. The van der Waals surface area contributed by atoms with Gasteiger partial charge in [0.2, 0.25) is 0 Å². The molecule has 2 aromatic heterocycles. The van der Waals surface area contributed by atoms with Crippen LogP contribution < -0.4 is 5.32 Å². The van der Waals surface area contributed by atoms with Crippen molar-refractivity contribution in [1.29, 1.82) is 0 Å². The third-order valence-electron chi connectivity index (χ3n) is 1.98. The molecular weight excluding hydrogens is 256 g/mol. The number of hydrogen-bond donors (Lipinski definition) is 2. The first-order valence-corrected chi connectivity index (χ1v) is 5.78. The Hall–Kier alpha value is -2.35. The van der Waals surface area contributed by atoms with E-state index in [9.17, 15) is 9.59 Å². The average molecular weight is 264 g/mol. The minimum absolute atomic E-state index is 0.108. The van der Waals surface area contributed by atoms with Gasteiger partial charge in [-0.1, -0.05) is 0 Å². The van der Waals surface area contributed by atoms with Crippen molar-refractivity contribution in [2.24, 2.45) is 0 Å². The van der Waals surface area contributed by atoms with Crippen molar-refractivity contribution in [3.05, 3.63) is 40.1 Å². The molecule has 0 fully saturated rings. The molecule has 18 heavy (non-hydrogen) atoms. The average Bonchev–Trinajstić information content (AvgIpc) is 2.87. The Bertz CT molecular complexity index is 570. The quantitative estimate of drug-likeness (QED) is 0.836. The van der Waals surface area contributed by atoms with E-state index in [1.54, 1.807) is 12.1 Å². The van der Waals surface area contributed by atoms with Gasteiger partial charge in [0.25, 0.3) is 5.91 Å². The van der Waals surface area contributed by atoms with Gasteiger partial charge in [-0.2, -0.15) is 10.2 Å². The standard InChI is InChI=1S/C10H8N4O3S/c15-8(9-13-7(5-18-9)10(16)17)11-4-6-2-1-3-12-14-6/h1-3,5H,4H2,(H,11,15)(H,16,17). The normalized spacial score (nSPS) is 10.0. The van der Waals surface area contributed by atoms with E-state index in [4.69, 9.17) is 5.11 Å². The van der Waals surface area contributed by atoms with Crippen LogP contribution in [0.25, 0.3) is 0 Å². The van der Waals surface area contributed by atoms with E-state index in [1.165, 1.54) is 11.6 Å². The van der Waals surface area contributed by atoms with Gasteiger partial charge in [0, 0.05) is 11.6 Å². The number of rotatable bonds is 4. The molecule has 2 rings (SSSR count). The van der Waals surface area contributed by atoms with Gasteiger partial charge in [0.1, 0.15) is 0 Å². The third kappa shape index (κ3) is 2.86. The summed E-state index contributed by atoms with van der Waals surface area (Å²) in [4.78, 5) is 26.0. The topological polar surface area (TPSA) is 105 Å². The highest BCUT2D eigenvalue weighted by atomic mass is 32.1. The van der Waals surface area contributed by atoms with Crippen molar-refractivity contribution in [3.63, 3.8) is 0 Å². The van der Waals surface area contributed by atoms with Crippen molar-refractivity contribution in [3.8, 4) is 0 Å². The second-order valence-corrected chi connectivity index (χ2v) is 4.10. The molecule has 92 valence electrons. The molecule has 0 bridgehead atoms. The van der Waals surface area contributed by atoms with E-state index in [0.29, 0.717) is 5.69 Å². The van der Waals surface area contributed by atoms with Gasteiger partial charge >= 0.3 is 5.97 Å². The summed E-state index contributed by atoms with van der Waals surface area (Å²) in [6.45, 7) is 0.217. The molecule has 0 aliphatic rings. The van der Waals surface area contributed by atoms with Crippen molar-refractivity contribution in [2.75, 3.05) is 0 Å². The molecule has 0 atom stereocenters. The number of nitrogens with zero attached hydrogens (tertiary/aromatic N) is 3. The van der Waals surface area contributed by atoms with Gasteiger partial charge in [-0.05, 0) is 12.1 Å². The summed E-state index contributed by atoms with van der Waals surface area (Å²) < 4.78 is 0. The van der Waals surface area contributed by atoms with E-state index in [0.717, 1.165) is 11.3 Å². The van der Waals surface area contributed by atoms with Crippen LogP contribution in [0.1, 0.15) is 26.0 Å². The fourth-order valence-electron chi connectivity index (χ4n) is 1.15. The number of carboxylic acids is 1. The molecule has 0 saturated carbocycles. The first kappa shape index (κ1) is 12.1. The van der Waals surface area contributed by atoms with E-state index >= 15 is 0 Å². The molecule has 0 aliphatic heterocycles. The summed E-state index contributed by atoms with van der Waals surface area (Å²) in [5.74, 6) is -1.59. The molecule has 2 N–H and O–H groups in total. The van der Waals surface area contributed by atoms with Gasteiger partial charge in [0.15, 0.2) is 10.7 Å². The highest BCUT2D eigenvalue weighted by molar-refractivity contribution is 7.11. The second-order valence-electron chi connectivity index (χ2n) is 3.24. The van der Waals surface area contributed by atoms with Crippen LogP contribution in [0.3, 0.4) is 0 Å². The molecular formula is C10H8N4O3S. The van der Waals surface area contributed by atoms with Gasteiger partial charge < -0.3 is 10.4 Å². The molecule has 1 amide bonds. The molecule has 0 aromatic carbocycles. The highest BCUT2D eigenvalue weighted by Gasteiger charge is 2.14. The first-order valence-electron chi connectivity index (χ1n) is 4.90. The molecule has 8 heteroatoms. The Morgan fingerprint density at radius 2 is 2.28 bits per heavy atom. The number of carboxylic acid groups (broad SMARTS) is 1. The summed E-state index contributed by atoms with van der Waals surface area (Å²) in [5, 5.41) is 20.2. The van der Waals surface area contributed by atoms with Crippen LogP contribution in [0.2, 0.25) is 0 Å². The smallest absolute Gasteiger partial charge is 0.355 e. The fraction of sp³-hybridized carbons (Fsp3) is 0.100. The van der Waals surface area contributed by atoms with Crippen LogP contribution >= 0.6 is 11.3 Å². The SMILES string of the molecule is O=C(O)c1csc(C(=O)NCc2cccnn2)n1. The number of aromatic carboxylic acids is 1. The van der Waals surface area contributed by atoms with Crippen LogP contribution in [0.5, 0.6) is 0 Å². The van der Waals surface area contributed by atoms with Gasteiger partial charge in [0.05, 0.1) is 12.2 Å². The van der Waals surface area contributed by atoms with E-state index in [1.807, 2.05) is 0 Å². The zero-order chi connectivity index (χ0) is 13.0. The number of thiazole rings is 1. The molecule has 0 aliphatic carbocycles. The molecule has 2 aromatic rings. The van der Waals surface area contributed by atoms with E-state index < -0.39 is 11.9 Å². The zero-order valence-electron chi connectivity index (χ0n) is 9.03. The molecule has 0 saturated heterocycles. The maximum absolute atomic E-state index is 11.6. The lowest BCUT2D eigenvalue weighted by atomic mass is 10.4. The van der Waals surface area contributed by atoms with Gasteiger partial charge in [-0.15, -0.1) is 11.3 Å². The number of carbonyl (C=O) groups excluding carboxylic acids is 1. The van der Waals surface area contributed by atoms with Crippen LogP contribution in [0, 0.1) is 0 Å². The van der Waals surface area contributed by atoms with Crippen molar-refractivity contribution < 1.29 is 14.7 Å². The van der Waals surface area contributed by atoms with E-state index in [-0.39, 0.29) is 17.2 Å². The van der Waals surface area contributed by atoms with Gasteiger partial charge in [-0.25, -0.2) is 9.78 Å². The maximum Gasteiger partial charge on any atom is 0.355 e. The summed E-state index contributed by atoms with van der Waals surface area (Å²) in [7, 11) is 0. The van der Waals surface area contributed by atoms with Crippen molar-refractivity contribution in [1.82, 2.24) is 20.5 Å². The predicted molar refractivity (Wildman–Crippen MR) is 62.3 cm³/mol. The monoisotopic (exact) mass is 264 g/mol. The second kappa shape index (κ2) is 5.32. The molecule has 0 spiro atoms. The zero-order valence-corrected chi connectivity index (χ0v) is 9.85. The Labute approximate surface area is 106 Å². The van der Waals surface area contributed by atoms with Crippen LogP contribution in [-0.2, 0) is 6.54 Å². The minimum atomic E-state index is -1.15. The van der Waals surface area contributed by atoms with Crippen molar-refractivity contribution >= 4 is 23.2 Å². The number of aromatic nitrogens is 3. The Morgan fingerprint density at radius 1 is 1.44 bits per heavy atom. The molecule has 7 nitrogen and oxygen atoms in total. The molecule has 0 unspecified atom stereocenters. The number of carbonyl (C=O) groups is 2. The lowest BCUT2D eigenvalue weighted by Gasteiger charge is -2.00. The lowest BCUT2D eigenvalue weighted by molar-refractivity contribution is 0.0691. The predicted octanol–water partition coefficient (Wildman–Crippen LogP) is 0.561. The summed E-state index contributed by atoms with van der Waals surface area (Å²) in [6, 6.07) is 3.43. The van der Waals surface area contributed by atoms with Crippen LogP contribution in [0.15, 0.2) is 23.7 Å².